The third-order valence-corrected chi connectivity index (χ3v) is 2.28. The Kier molecular flexibility index (Phi) is 5.51. The standard InChI is InChI=1S/C6HF5O3S.K/c7-1-2(8)4(10)6(15(12,13)14)5(11)3(1)9;/h(H,12,13,14);/q;+1/p-1. The second-order valence-electron chi connectivity index (χ2n) is 2.35. The van der Waals surface area contributed by atoms with Gasteiger partial charge in [0.05, 0.1) is 0 Å². The van der Waals surface area contributed by atoms with E-state index in [1.54, 1.807) is 0 Å². The Morgan fingerprint density at radius 3 is 1.25 bits per heavy atom. The summed E-state index contributed by atoms with van der Waals surface area (Å²) in [6.45, 7) is 0. The molecule has 0 spiro atoms. The van der Waals surface area contributed by atoms with Crippen LogP contribution < -0.4 is 51.4 Å². The van der Waals surface area contributed by atoms with Gasteiger partial charge in [-0.15, -0.1) is 0 Å². The van der Waals surface area contributed by atoms with E-state index in [0.29, 0.717) is 0 Å². The van der Waals surface area contributed by atoms with Gasteiger partial charge in [0.15, 0.2) is 23.3 Å². The third kappa shape index (κ3) is 2.80. The molecule has 0 aliphatic heterocycles. The first-order valence-electron chi connectivity index (χ1n) is 3.15. The monoisotopic (exact) mass is 286 g/mol. The minimum atomic E-state index is -5.77. The third-order valence-electron chi connectivity index (χ3n) is 1.42. The molecule has 0 N–H and O–H groups in total. The quantitative estimate of drug-likeness (QED) is 0.203. The molecule has 0 aliphatic rings. The molecule has 84 valence electrons. The smallest absolute Gasteiger partial charge is 0.744 e. The van der Waals surface area contributed by atoms with E-state index in [0.717, 1.165) is 0 Å². The van der Waals surface area contributed by atoms with Crippen molar-refractivity contribution in [3.05, 3.63) is 29.1 Å². The topological polar surface area (TPSA) is 57.2 Å². The molecule has 0 radical (unpaired) electrons. The molecule has 16 heavy (non-hydrogen) atoms. The number of hydrogen-bond donors (Lipinski definition) is 0. The van der Waals surface area contributed by atoms with Gasteiger partial charge in [-0.3, -0.25) is 0 Å². The van der Waals surface area contributed by atoms with Gasteiger partial charge in [-0.2, -0.15) is 0 Å². The van der Waals surface area contributed by atoms with Gasteiger partial charge in [-0.05, 0) is 0 Å². The van der Waals surface area contributed by atoms with Crippen LogP contribution in [0.2, 0.25) is 0 Å². The molecule has 0 heterocycles. The fraction of sp³-hybridized carbons (Fsp3) is 0. The van der Waals surface area contributed by atoms with Crippen LogP contribution in [0.25, 0.3) is 0 Å². The van der Waals surface area contributed by atoms with Gasteiger partial charge in [0.1, 0.15) is 15.0 Å². The van der Waals surface area contributed by atoms with Crippen LogP contribution in [-0.4, -0.2) is 13.0 Å². The minimum Gasteiger partial charge on any atom is -0.744 e. The summed E-state index contributed by atoms with van der Waals surface area (Å²) in [4.78, 5) is -2.38. The predicted octanol–water partition coefficient (Wildman–Crippen LogP) is -1.71. The van der Waals surface area contributed by atoms with E-state index in [1.807, 2.05) is 0 Å². The van der Waals surface area contributed by atoms with Gasteiger partial charge in [0, 0.05) is 0 Å². The molecule has 0 atom stereocenters. The molecular weight excluding hydrogens is 286 g/mol. The summed E-state index contributed by atoms with van der Waals surface area (Å²) in [5.74, 6) is -12.8. The van der Waals surface area contributed by atoms with Crippen molar-refractivity contribution in [1.82, 2.24) is 0 Å². The van der Waals surface area contributed by atoms with Crippen molar-refractivity contribution < 1.29 is 86.3 Å². The van der Waals surface area contributed by atoms with Gasteiger partial charge in [-0.25, -0.2) is 30.4 Å². The molecule has 0 aromatic heterocycles. The fourth-order valence-electron chi connectivity index (χ4n) is 0.804. The largest absolute Gasteiger partial charge is 1.00 e. The first-order chi connectivity index (χ1) is 6.68. The van der Waals surface area contributed by atoms with E-state index in [2.05, 4.69) is 0 Å². The summed E-state index contributed by atoms with van der Waals surface area (Å²) < 4.78 is 92.9. The van der Waals surface area contributed by atoms with Crippen LogP contribution in [0.4, 0.5) is 22.0 Å². The molecule has 0 saturated heterocycles. The fourth-order valence-corrected chi connectivity index (χ4v) is 1.42. The maximum absolute atomic E-state index is 12.6. The zero-order valence-corrected chi connectivity index (χ0v) is 11.5. The maximum Gasteiger partial charge on any atom is 1.00 e. The van der Waals surface area contributed by atoms with Gasteiger partial charge in [-0.1, -0.05) is 0 Å². The van der Waals surface area contributed by atoms with E-state index in [4.69, 9.17) is 0 Å². The van der Waals surface area contributed by atoms with E-state index in [-0.39, 0.29) is 51.4 Å². The Labute approximate surface area is 129 Å². The summed E-state index contributed by atoms with van der Waals surface area (Å²) in [7, 11) is -5.77. The first-order valence-corrected chi connectivity index (χ1v) is 4.56. The van der Waals surface area contributed by atoms with Crippen molar-refractivity contribution in [2.75, 3.05) is 0 Å². The molecule has 0 aliphatic carbocycles. The van der Waals surface area contributed by atoms with Crippen LogP contribution in [0.5, 0.6) is 0 Å². The van der Waals surface area contributed by atoms with E-state index >= 15 is 0 Å². The number of halogens is 5. The predicted molar refractivity (Wildman–Crippen MR) is 34.2 cm³/mol. The normalized spacial score (nSPS) is 11.1. The van der Waals surface area contributed by atoms with E-state index < -0.39 is 44.1 Å². The Morgan fingerprint density at radius 2 is 1.00 bits per heavy atom. The van der Waals surface area contributed by atoms with Crippen molar-refractivity contribution >= 4 is 10.1 Å². The van der Waals surface area contributed by atoms with Gasteiger partial charge < -0.3 is 4.55 Å². The van der Waals surface area contributed by atoms with Crippen LogP contribution in [0.1, 0.15) is 0 Å². The molecule has 1 aromatic carbocycles. The van der Waals surface area contributed by atoms with Crippen molar-refractivity contribution in [2.45, 2.75) is 4.90 Å². The summed E-state index contributed by atoms with van der Waals surface area (Å²) in [6, 6.07) is 0. The van der Waals surface area contributed by atoms with Gasteiger partial charge in [0.25, 0.3) is 0 Å². The van der Waals surface area contributed by atoms with Crippen LogP contribution in [0.15, 0.2) is 4.90 Å². The Balaban J connectivity index is 0.00000225. The van der Waals surface area contributed by atoms with E-state index in [9.17, 15) is 34.9 Å². The number of rotatable bonds is 1. The Hall–Kier alpha value is 0.416. The molecule has 10 heteroatoms. The molecule has 0 saturated carbocycles. The molecule has 3 nitrogen and oxygen atoms in total. The zero-order chi connectivity index (χ0) is 12.0. The zero-order valence-electron chi connectivity index (χ0n) is 7.52. The van der Waals surface area contributed by atoms with E-state index in [1.165, 1.54) is 0 Å². The van der Waals surface area contributed by atoms with Crippen LogP contribution in [-0.2, 0) is 10.1 Å². The molecule has 0 amide bonds. The minimum absolute atomic E-state index is 0. The summed E-state index contributed by atoms with van der Waals surface area (Å²) in [5, 5.41) is 0. The van der Waals surface area contributed by atoms with Crippen molar-refractivity contribution in [2.24, 2.45) is 0 Å². The van der Waals surface area contributed by atoms with Crippen LogP contribution in [0, 0.1) is 29.1 Å². The SMILES string of the molecule is O=S(=O)([O-])c1c(F)c(F)c(F)c(F)c1F.[K+]. The Bertz CT molecular complexity index is 500. The van der Waals surface area contributed by atoms with Crippen molar-refractivity contribution in [1.29, 1.82) is 0 Å². The molecule has 1 rings (SSSR count). The average molecular weight is 286 g/mol. The molecule has 0 bridgehead atoms. The number of benzene rings is 1. The number of hydrogen-bond acceptors (Lipinski definition) is 3. The summed E-state index contributed by atoms with van der Waals surface area (Å²) >= 11 is 0. The maximum atomic E-state index is 12.6. The second kappa shape index (κ2) is 5.37. The molecule has 0 unspecified atom stereocenters. The van der Waals surface area contributed by atoms with Crippen LogP contribution >= 0.6 is 0 Å². The summed E-state index contributed by atoms with van der Waals surface area (Å²) in [5.41, 5.74) is 0. The Morgan fingerprint density at radius 1 is 0.750 bits per heavy atom. The van der Waals surface area contributed by atoms with Gasteiger partial charge in [0.2, 0.25) is 5.82 Å². The van der Waals surface area contributed by atoms with Crippen LogP contribution in [0.3, 0.4) is 0 Å². The van der Waals surface area contributed by atoms with Gasteiger partial charge >= 0.3 is 51.4 Å². The average Bonchev–Trinajstić information content (AvgIpc) is 2.09. The first kappa shape index (κ1) is 16.4. The van der Waals surface area contributed by atoms with Crippen molar-refractivity contribution in [3.63, 3.8) is 0 Å². The molecule has 0 fully saturated rings. The summed E-state index contributed by atoms with van der Waals surface area (Å²) in [6.07, 6.45) is 0. The molecule has 1 aromatic rings. The molecular formula is C6F5KO3S. The van der Waals surface area contributed by atoms with Crippen molar-refractivity contribution in [3.8, 4) is 0 Å². The second-order valence-corrected chi connectivity index (χ2v) is 3.67.